The van der Waals surface area contributed by atoms with Crippen LogP contribution in [0.5, 0.6) is 0 Å². The summed E-state index contributed by atoms with van der Waals surface area (Å²) in [6.45, 7) is 4.03. The molecular formula is C20H21N5O2. The number of nitrogens with two attached hydrogens (primary N) is 2. The monoisotopic (exact) mass is 363 g/mol. The Labute approximate surface area is 157 Å². The summed E-state index contributed by atoms with van der Waals surface area (Å²) >= 11 is 0. The third kappa shape index (κ3) is 3.57. The van der Waals surface area contributed by atoms with Crippen molar-refractivity contribution in [2.45, 2.75) is 20.3 Å². The van der Waals surface area contributed by atoms with E-state index in [4.69, 9.17) is 16.2 Å². The molecule has 2 aromatic heterocycles. The van der Waals surface area contributed by atoms with Crippen LogP contribution in [0, 0.1) is 6.92 Å². The number of esters is 1. The van der Waals surface area contributed by atoms with Gasteiger partial charge in [-0.3, -0.25) is 0 Å². The second-order valence-corrected chi connectivity index (χ2v) is 6.10. The highest BCUT2D eigenvalue weighted by atomic mass is 16.5. The number of fused-ring (bicyclic) bond motifs is 1. The van der Waals surface area contributed by atoms with Crippen molar-refractivity contribution in [2.24, 2.45) is 0 Å². The molecule has 3 aromatic rings. The van der Waals surface area contributed by atoms with Gasteiger partial charge in [-0.1, -0.05) is 19.1 Å². The van der Waals surface area contributed by atoms with Crippen molar-refractivity contribution < 1.29 is 9.53 Å². The minimum absolute atomic E-state index is 0.107. The average molecular weight is 363 g/mol. The number of anilines is 2. The zero-order chi connectivity index (χ0) is 19.6. The Kier molecular flexibility index (Phi) is 5.03. The molecule has 0 unspecified atom stereocenters. The van der Waals surface area contributed by atoms with Crippen LogP contribution in [0.4, 0.5) is 11.8 Å². The molecule has 4 N–H and O–H groups in total. The van der Waals surface area contributed by atoms with Gasteiger partial charge in [0.05, 0.1) is 18.1 Å². The molecule has 7 heteroatoms. The fourth-order valence-corrected chi connectivity index (χ4v) is 2.97. The number of hydrogen-bond acceptors (Lipinski definition) is 7. The number of hydrogen-bond donors (Lipinski definition) is 2. The molecule has 27 heavy (non-hydrogen) atoms. The molecule has 3 rings (SSSR count). The molecule has 2 heterocycles. The van der Waals surface area contributed by atoms with E-state index in [1.807, 2.05) is 19.1 Å². The highest BCUT2D eigenvalue weighted by molar-refractivity contribution is 5.94. The van der Waals surface area contributed by atoms with E-state index >= 15 is 0 Å². The average Bonchev–Trinajstić information content (AvgIpc) is 2.66. The quantitative estimate of drug-likeness (QED) is 0.683. The van der Waals surface area contributed by atoms with Crippen LogP contribution in [0.2, 0.25) is 0 Å². The van der Waals surface area contributed by atoms with Gasteiger partial charge in [0, 0.05) is 6.20 Å². The standard InChI is InChI=1S/C20H21N5O2/c1-4-12(13-5-7-14(8-6-13)19(26)27-3)9-15-10-23-18-16(11(15)2)17(21)24-20(22)25-18/h5-10H,4H2,1-3H3,(H4,21,22,23,24,25). The van der Waals surface area contributed by atoms with Gasteiger partial charge in [-0.05, 0) is 53.8 Å². The molecule has 0 fully saturated rings. The summed E-state index contributed by atoms with van der Waals surface area (Å²) in [6.07, 6.45) is 4.62. The molecule has 7 nitrogen and oxygen atoms in total. The number of nitrogens with zero attached hydrogens (tertiary/aromatic N) is 3. The molecule has 0 saturated heterocycles. The number of rotatable bonds is 4. The van der Waals surface area contributed by atoms with Crippen molar-refractivity contribution in [3.63, 3.8) is 0 Å². The van der Waals surface area contributed by atoms with Crippen molar-refractivity contribution >= 4 is 40.4 Å². The van der Waals surface area contributed by atoms with Gasteiger partial charge in [-0.25, -0.2) is 9.78 Å². The number of methoxy groups -OCH3 is 1. The van der Waals surface area contributed by atoms with E-state index in [0.717, 1.165) is 28.7 Å². The largest absolute Gasteiger partial charge is 0.465 e. The molecule has 0 amide bonds. The Balaban J connectivity index is 2.05. The van der Waals surface area contributed by atoms with Crippen LogP contribution in [0.15, 0.2) is 30.5 Å². The first-order valence-corrected chi connectivity index (χ1v) is 8.52. The second kappa shape index (κ2) is 7.41. The summed E-state index contributed by atoms with van der Waals surface area (Å²) < 4.78 is 4.74. The van der Waals surface area contributed by atoms with Crippen LogP contribution in [0.3, 0.4) is 0 Å². The molecule has 0 bridgehead atoms. The van der Waals surface area contributed by atoms with Gasteiger partial charge in [-0.2, -0.15) is 9.97 Å². The maximum Gasteiger partial charge on any atom is 0.337 e. The molecule has 0 spiro atoms. The van der Waals surface area contributed by atoms with E-state index in [9.17, 15) is 4.79 Å². The number of benzene rings is 1. The molecule has 138 valence electrons. The Morgan fingerprint density at radius 1 is 1.15 bits per heavy atom. The highest BCUT2D eigenvalue weighted by Crippen LogP contribution is 2.28. The number of allylic oxidation sites excluding steroid dienone is 1. The van der Waals surface area contributed by atoms with E-state index in [2.05, 4.69) is 28.0 Å². The van der Waals surface area contributed by atoms with Crippen molar-refractivity contribution in [3.05, 3.63) is 52.7 Å². The Morgan fingerprint density at radius 2 is 1.81 bits per heavy atom. The molecule has 0 aliphatic heterocycles. The topological polar surface area (TPSA) is 117 Å². The lowest BCUT2D eigenvalue weighted by atomic mass is 9.97. The highest BCUT2D eigenvalue weighted by Gasteiger charge is 2.11. The van der Waals surface area contributed by atoms with Crippen LogP contribution in [-0.2, 0) is 4.74 Å². The molecule has 0 saturated carbocycles. The van der Waals surface area contributed by atoms with E-state index in [1.165, 1.54) is 7.11 Å². The fourth-order valence-electron chi connectivity index (χ4n) is 2.97. The van der Waals surface area contributed by atoms with Gasteiger partial charge in [0.15, 0.2) is 5.65 Å². The summed E-state index contributed by atoms with van der Waals surface area (Å²) in [4.78, 5) is 24.2. The van der Waals surface area contributed by atoms with Crippen molar-refractivity contribution in [2.75, 3.05) is 18.6 Å². The zero-order valence-corrected chi connectivity index (χ0v) is 15.5. The first-order chi connectivity index (χ1) is 12.9. The van der Waals surface area contributed by atoms with Crippen LogP contribution in [0.25, 0.3) is 22.7 Å². The van der Waals surface area contributed by atoms with Crippen molar-refractivity contribution in [3.8, 4) is 0 Å². The fraction of sp³-hybridized carbons (Fsp3) is 0.200. The summed E-state index contributed by atoms with van der Waals surface area (Å²) in [5.74, 6) is 0.0706. The van der Waals surface area contributed by atoms with E-state index in [-0.39, 0.29) is 11.9 Å². The predicted octanol–water partition coefficient (Wildman–Crippen LogP) is 3.23. The van der Waals surface area contributed by atoms with Crippen LogP contribution < -0.4 is 11.5 Å². The summed E-state index contributed by atoms with van der Waals surface area (Å²) in [7, 11) is 1.37. The predicted molar refractivity (Wildman–Crippen MR) is 107 cm³/mol. The number of pyridine rings is 1. The maximum absolute atomic E-state index is 11.6. The number of carbonyl (C=O) groups is 1. The van der Waals surface area contributed by atoms with Crippen LogP contribution in [0.1, 0.15) is 40.4 Å². The molecule has 0 atom stereocenters. The SMILES string of the molecule is CCC(=Cc1cnc2nc(N)nc(N)c2c1C)c1ccc(C(=O)OC)cc1. The van der Waals surface area contributed by atoms with Crippen LogP contribution in [-0.4, -0.2) is 28.0 Å². The zero-order valence-electron chi connectivity index (χ0n) is 15.5. The summed E-state index contributed by atoms with van der Waals surface area (Å²) in [5, 5.41) is 0.703. The lowest BCUT2D eigenvalue weighted by Gasteiger charge is -2.10. The van der Waals surface area contributed by atoms with E-state index < -0.39 is 0 Å². The molecule has 1 aromatic carbocycles. The Bertz CT molecular complexity index is 1040. The molecule has 0 radical (unpaired) electrons. The number of carbonyl (C=O) groups excluding carboxylic acids is 1. The minimum Gasteiger partial charge on any atom is -0.465 e. The molecule has 0 aliphatic carbocycles. The second-order valence-electron chi connectivity index (χ2n) is 6.10. The summed E-state index contributed by atoms with van der Waals surface area (Å²) in [5.41, 5.74) is 16.7. The van der Waals surface area contributed by atoms with Crippen molar-refractivity contribution in [1.29, 1.82) is 0 Å². The third-order valence-electron chi connectivity index (χ3n) is 4.46. The summed E-state index contributed by atoms with van der Waals surface area (Å²) in [6, 6.07) is 7.32. The Hall–Kier alpha value is -3.48. The number of ether oxygens (including phenoxy) is 1. The van der Waals surface area contributed by atoms with Crippen molar-refractivity contribution in [1.82, 2.24) is 15.0 Å². The number of nitrogen functional groups attached to an aromatic ring is 2. The smallest absolute Gasteiger partial charge is 0.337 e. The first-order valence-electron chi connectivity index (χ1n) is 8.52. The first kappa shape index (κ1) is 18.3. The molecular weight excluding hydrogens is 342 g/mol. The van der Waals surface area contributed by atoms with E-state index in [0.29, 0.717) is 22.4 Å². The normalized spacial score (nSPS) is 11.6. The number of aryl methyl sites for hydroxylation is 1. The number of aromatic nitrogens is 3. The van der Waals surface area contributed by atoms with Gasteiger partial charge in [-0.15, -0.1) is 0 Å². The van der Waals surface area contributed by atoms with E-state index in [1.54, 1.807) is 18.3 Å². The minimum atomic E-state index is -0.354. The lowest BCUT2D eigenvalue weighted by molar-refractivity contribution is 0.0600. The van der Waals surface area contributed by atoms with Gasteiger partial charge in [0.2, 0.25) is 5.95 Å². The molecule has 0 aliphatic rings. The lowest BCUT2D eigenvalue weighted by Crippen LogP contribution is -2.03. The van der Waals surface area contributed by atoms with Gasteiger partial charge in [0.25, 0.3) is 0 Å². The van der Waals surface area contributed by atoms with Gasteiger partial charge >= 0.3 is 5.97 Å². The third-order valence-corrected chi connectivity index (χ3v) is 4.46. The Morgan fingerprint density at radius 3 is 2.44 bits per heavy atom. The maximum atomic E-state index is 11.6. The van der Waals surface area contributed by atoms with Gasteiger partial charge < -0.3 is 16.2 Å². The van der Waals surface area contributed by atoms with Gasteiger partial charge in [0.1, 0.15) is 5.82 Å². The van der Waals surface area contributed by atoms with Crippen LogP contribution >= 0.6 is 0 Å².